The number of hydrogen-bond donors (Lipinski definition) is 0. The van der Waals surface area contributed by atoms with E-state index in [4.69, 9.17) is 20.3 Å². The van der Waals surface area contributed by atoms with Crippen LogP contribution >= 0.6 is 20.3 Å². The van der Waals surface area contributed by atoms with Gasteiger partial charge < -0.3 is 0 Å². The molecule has 0 aliphatic carbocycles. The molecule has 1 rings (SSSR count). The Morgan fingerprint density at radius 1 is 1.25 bits per heavy atom. The van der Waals surface area contributed by atoms with E-state index in [1.165, 1.54) is 0 Å². The molecule has 1 aromatic rings. The van der Waals surface area contributed by atoms with Crippen LogP contribution in [0.1, 0.15) is 17.3 Å². The molecule has 0 aromatic heterocycles. The first-order valence-corrected chi connectivity index (χ1v) is 5.98. The van der Waals surface area contributed by atoms with Gasteiger partial charge in [-0.15, -0.1) is 0 Å². The van der Waals surface area contributed by atoms with Crippen molar-refractivity contribution in [3.05, 3.63) is 35.9 Å². The number of carbonyl (C=O) groups excluding carboxylic acids is 1. The van der Waals surface area contributed by atoms with Gasteiger partial charge in [-0.2, -0.15) is 0 Å². The molecule has 0 spiro atoms. The summed E-state index contributed by atoms with van der Waals surface area (Å²) in [4.78, 5) is 10.6. The van der Waals surface area contributed by atoms with Crippen LogP contribution in [-0.4, -0.2) is 5.78 Å². The Balaban J connectivity index is 0.000000354. The second kappa shape index (κ2) is 7.62. The van der Waals surface area contributed by atoms with E-state index >= 15 is 0 Å². The SMILES string of the molecule is CC(=O)c1ccccc1.[Cl][Co][Cl]. The summed E-state index contributed by atoms with van der Waals surface area (Å²) in [5, 5.41) is 0. The van der Waals surface area contributed by atoms with Crippen LogP contribution in [0.5, 0.6) is 0 Å². The Morgan fingerprint density at radius 3 is 1.92 bits per heavy atom. The molecule has 0 saturated heterocycles. The molecule has 0 atom stereocenters. The second-order valence-electron chi connectivity index (χ2n) is 1.97. The van der Waals surface area contributed by atoms with Gasteiger partial charge in [0.25, 0.3) is 0 Å². The summed E-state index contributed by atoms with van der Waals surface area (Å²) < 4.78 is 0. The van der Waals surface area contributed by atoms with Crippen LogP contribution in [0.15, 0.2) is 30.3 Å². The van der Waals surface area contributed by atoms with Crippen molar-refractivity contribution in [2.75, 3.05) is 0 Å². The van der Waals surface area contributed by atoms with E-state index in [0.717, 1.165) is 5.56 Å². The summed E-state index contributed by atoms with van der Waals surface area (Å²) in [6, 6.07) is 9.23. The van der Waals surface area contributed by atoms with Gasteiger partial charge in [0.2, 0.25) is 0 Å². The zero-order chi connectivity index (χ0) is 9.40. The molecule has 1 nitrogen and oxygen atoms in total. The Labute approximate surface area is 86.5 Å². The Kier molecular flexibility index (Phi) is 7.60. The zero-order valence-electron chi connectivity index (χ0n) is 6.38. The monoisotopic (exact) mass is 249 g/mol. The van der Waals surface area contributed by atoms with Crippen molar-refractivity contribution < 1.29 is 17.7 Å². The summed E-state index contributed by atoms with van der Waals surface area (Å²) >= 11 is 0.382. The molecule has 0 saturated carbocycles. The Hall–Kier alpha value is -0.0235. The van der Waals surface area contributed by atoms with Crippen molar-refractivity contribution in [1.29, 1.82) is 0 Å². The predicted octanol–water partition coefficient (Wildman–Crippen LogP) is 3.27. The number of carbonyl (C=O) groups is 1. The molecule has 4 heteroatoms. The van der Waals surface area contributed by atoms with Gasteiger partial charge in [0.05, 0.1) is 0 Å². The van der Waals surface area contributed by atoms with Gasteiger partial charge in [-0.3, -0.25) is 4.79 Å². The minimum absolute atomic E-state index is 0.121. The van der Waals surface area contributed by atoms with Crippen molar-refractivity contribution in [3.63, 3.8) is 0 Å². The van der Waals surface area contributed by atoms with Crippen LogP contribution in [-0.2, 0) is 12.9 Å². The molecule has 69 valence electrons. The molecule has 0 fully saturated rings. The quantitative estimate of drug-likeness (QED) is 0.699. The van der Waals surface area contributed by atoms with E-state index in [2.05, 4.69) is 0 Å². The number of Topliss-reactive ketones (excluding diaryl/α,β-unsaturated/α-hetero) is 1. The van der Waals surface area contributed by atoms with E-state index in [9.17, 15) is 4.79 Å². The number of ketones is 1. The van der Waals surface area contributed by atoms with Crippen LogP contribution in [0.25, 0.3) is 0 Å². The van der Waals surface area contributed by atoms with Crippen LogP contribution < -0.4 is 0 Å². The summed E-state index contributed by atoms with van der Waals surface area (Å²) in [6.07, 6.45) is 0. The van der Waals surface area contributed by atoms with Gasteiger partial charge in [-0.1, -0.05) is 30.3 Å². The maximum atomic E-state index is 10.6. The van der Waals surface area contributed by atoms with Gasteiger partial charge in [-0.05, 0) is 6.92 Å². The Bertz CT molecular complexity index is 226. The third kappa shape index (κ3) is 5.60. The van der Waals surface area contributed by atoms with E-state index in [1.807, 2.05) is 30.3 Å². The van der Waals surface area contributed by atoms with Crippen molar-refractivity contribution in [2.45, 2.75) is 6.92 Å². The number of halogens is 2. The Morgan fingerprint density at radius 2 is 1.67 bits per heavy atom. The summed E-state index contributed by atoms with van der Waals surface area (Å²) in [5.41, 5.74) is 0.775. The molecular formula is C8H8Cl2CoO. The zero-order valence-corrected chi connectivity index (χ0v) is 8.94. The first kappa shape index (κ1) is 12.0. The third-order valence-corrected chi connectivity index (χ3v) is 1.18. The minimum atomic E-state index is 0.121. The van der Waals surface area contributed by atoms with Gasteiger partial charge in [0.15, 0.2) is 5.78 Å². The third-order valence-electron chi connectivity index (χ3n) is 1.18. The molecule has 0 aliphatic rings. The number of rotatable bonds is 1. The summed E-state index contributed by atoms with van der Waals surface area (Å²) in [7, 11) is 9.47. The van der Waals surface area contributed by atoms with Gasteiger partial charge in [0, 0.05) is 5.56 Å². The maximum absolute atomic E-state index is 10.6. The van der Waals surface area contributed by atoms with E-state index < -0.39 is 0 Å². The fraction of sp³-hybridized carbons (Fsp3) is 0.125. The first-order valence-electron chi connectivity index (χ1n) is 3.12. The summed E-state index contributed by atoms with van der Waals surface area (Å²) in [5.74, 6) is 0.121. The molecule has 0 unspecified atom stereocenters. The van der Waals surface area contributed by atoms with E-state index in [0.29, 0.717) is 12.9 Å². The fourth-order valence-corrected chi connectivity index (χ4v) is 0.673. The normalized spacial score (nSPS) is 8.58. The molecule has 0 radical (unpaired) electrons. The average molecular weight is 250 g/mol. The molecule has 0 amide bonds. The molecule has 0 bridgehead atoms. The number of benzene rings is 1. The molecule has 0 heterocycles. The van der Waals surface area contributed by atoms with Crippen molar-refractivity contribution in [1.82, 2.24) is 0 Å². The van der Waals surface area contributed by atoms with Crippen molar-refractivity contribution >= 4 is 26.1 Å². The van der Waals surface area contributed by atoms with Gasteiger partial charge >= 0.3 is 33.2 Å². The summed E-state index contributed by atoms with van der Waals surface area (Å²) in [6.45, 7) is 1.56. The topological polar surface area (TPSA) is 17.1 Å². The predicted molar refractivity (Wildman–Crippen MR) is 48.2 cm³/mol. The van der Waals surface area contributed by atoms with Gasteiger partial charge in [0.1, 0.15) is 0 Å². The van der Waals surface area contributed by atoms with Crippen molar-refractivity contribution in [3.8, 4) is 0 Å². The van der Waals surface area contributed by atoms with E-state index in [-0.39, 0.29) is 5.78 Å². The van der Waals surface area contributed by atoms with Gasteiger partial charge in [-0.25, -0.2) is 0 Å². The second-order valence-corrected chi connectivity index (χ2v) is 3.69. The van der Waals surface area contributed by atoms with Crippen LogP contribution in [0.4, 0.5) is 0 Å². The first-order chi connectivity index (χ1) is 5.72. The average Bonchev–Trinajstić information content (AvgIpc) is 2.07. The van der Waals surface area contributed by atoms with Crippen LogP contribution in [0.3, 0.4) is 0 Å². The molecule has 1 aromatic carbocycles. The van der Waals surface area contributed by atoms with Crippen LogP contribution in [0, 0.1) is 0 Å². The van der Waals surface area contributed by atoms with Crippen molar-refractivity contribution in [2.24, 2.45) is 0 Å². The van der Waals surface area contributed by atoms with E-state index in [1.54, 1.807) is 6.92 Å². The fourth-order valence-electron chi connectivity index (χ4n) is 0.673. The molecular weight excluding hydrogens is 242 g/mol. The molecule has 0 aliphatic heterocycles. The van der Waals surface area contributed by atoms with Crippen LogP contribution in [0.2, 0.25) is 0 Å². The number of hydrogen-bond acceptors (Lipinski definition) is 1. The molecule has 0 N–H and O–H groups in total. The standard InChI is InChI=1S/C8H8O.2ClH.Co/c1-7(9)8-5-3-2-4-6-8;;;/h2-6H,1H3;2*1H;/q;;;+2/p-2. The molecule has 12 heavy (non-hydrogen) atoms.